The number of carbonyl (C=O) groups is 4. The van der Waals surface area contributed by atoms with Gasteiger partial charge in [0.1, 0.15) is 23.5 Å². The lowest BCUT2D eigenvalue weighted by atomic mass is 10.0. The largest absolute Gasteiger partial charge is 0.490 e. The third-order valence-electron chi connectivity index (χ3n) is 5.93. The maximum atomic E-state index is 12.9. The molecule has 1 unspecified atom stereocenters. The predicted molar refractivity (Wildman–Crippen MR) is 114 cm³/mol. The van der Waals surface area contributed by atoms with E-state index in [2.05, 4.69) is 5.32 Å². The van der Waals surface area contributed by atoms with Gasteiger partial charge in [-0.15, -0.1) is 0 Å². The number of ether oxygens (including phenoxy) is 2. The first-order chi connectivity index (χ1) is 15.1. The van der Waals surface area contributed by atoms with E-state index in [1.54, 1.807) is 17.0 Å². The first-order valence-electron chi connectivity index (χ1n) is 11.0. The molecule has 1 aromatic carbocycles. The Bertz CT molecular complexity index is 946. The van der Waals surface area contributed by atoms with Crippen LogP contribution >= 0.6 is 0 Å². The second-order valence-electron chi connectivity index (χ2n) is 9.47. The molecule has 9 nitrogen and oxygen atoms in total. The minimum Gasteiger partial charge on any atom is -0.490 e. The van der Waals surface area contributed by atoms with E-state index in [0.29, 0.717) is 43.7 Å². The Labute approximate surface area is 187 Å². The Morgan fingerprint density at radius 2 is 1.81 bits per heavy atom. The average molecular weight is 444 g/mol. The smallest absolute Gasteiger partial charge is 0.410 e. The maximum Gasteiger partial charge on any atom is 0.410 e. The third kappa shape index (κ3) is 4.56. The second kappa shape index (κ2) is 8.44. The number of carbonyl (C=O) groups excluding carboxylic acids is 4. The highest BCUT2D eigenvalue weighted by molar-refractivity contribution is 6.05. The van der Waals surface area contributed by atoms with Crippen LogP contribution in [-0.4, -0.2) is 64.5 Å². The minimum absolute atomic E-state index is 0.0834. The van der Waals surface area contributed by atoms with Crippen LogP contribution < -0.4 is 10.1 Å². The molecule has 4 amide bonds. The van der Waals surface area contributed by atoms with Gasteiger partial charge >= 0.3 is 6.09 Å². The normalized spacial score (nSPS) is 22.0. The summed E-state index contributed by atoms with van der Waals surface area (Å²) < 4.78 is 11.7. The van der Waals surface area contributed by atoms with Crippen LogP contribution in [0.15, 0.2) is 18.2 Å². The van der Waals surface area contributed by atoms with Crippen molar-refractivity contribution >= 4 is 23.8 Å². The van der Waals surface area contributed by atoms with Crippen LogP contribution in [0.5, 0.6) is 5.75 Å². The third-order valence-corrected chi connectivity index (χ3v) is 5.93. The van der Waals surface area contributed by atoms with Crippen molar-refractivity contribution in [2.24, 2.45) is 0 Å². The van der Waals surface area contributed by atoms with Crippen molar-refractivity contribution < 1.29 is 28.7 Å². The van der Waals surface area contributed by atoms with Crippen LogP contribution in [0.1, 0.15) is 62.4 Å². The van der Waals surface area contributed by atoms with Crippen LogP contribution in [0.25, 0.3) is 0 Å². The van der Waals surface area contributed by atoms with Crippen LogP contribution in [0.3, 0.4) is 0 Å². The zero-order valence-corrected chi connectivity index (χ0v) is 18.7. The minimum atomic E-state index is -0.655. The van der Waals surface area contributed by atoms with Crippen LogP contribution in [-0.2, 0) is 20.9 Å². The number of fused-ring (bicyclic) bond motifs is 1. The van der Waals surface area contributed by atoms with Crippen LogP contribution in [0.2, 0.25) is 0 Å². The molecule has 3 heterocycles. The van der Waals surface area contributed by atoms with Gasteiger partial charge < -0.3 is 19.3 Å². The molecule has 0 aliphatic carbocycles. The first-order valence-corrected chi connectivity index (χ1v) is 11.0. The number of piperidine rings is 2. The van der Waals surface area contributed by atoms with Crippen molar-refractivity contribution in [1.29, 1.82) is 0 Å². The topological polar surface area (TPSA) is 105 Å². The highest BCUT2D eigenvalue weighted by atomic mass is 16.6. The molecule has 0 radical (unpaired) electrons. The van der Waals surface area contributed by atoms with Gasteiger partial charge in [-0.25, -0.2) is 4.79 Å². The van der Waals surface area contributed by atoms with E-state index in [1.165, 1.54) is 4.90 Å². The van der Waals surface area contributed by atoms with E-state index in [1.807, 2.05) is 26.8 Å². The monoisotopic (exact) mass is 443 g/mol. The summed E-state index contributed by atoms with van der Waals surface area (Å²) in [5.41, 5.74) is 0.755. The van der Waals surface area contributed by atoms with E-state index in [0.717, 1.165) is 5.56 Å². The van der Waals surface area contributed by atoms with Crippen LogP contribution in [0, 0.1) is 0 Å². The lowest BCUT2D eigenvalue weighted by Gasteiger charge is -2.33. The SMILES string of the molecule is CC(C)(C)OC(=O)N1CCC(Oc2cccc3c2CN(C2CCC(=O)NC2=O)C3=O)CC1. The van der Waals surface area contributed by atoms with Crippen molar-refractivity contribution in [3.05, 3.63) is 29.3 Å². The van der Waals surface area contributed by atoms with E-state index in [9.17, 15) is 19.2 Å². The second-order valence-corrected chi connectivity index (χ2v) is 9.47. The van der Waals surface area contributed by atoms with E-state index >= 15 is 0 Å². The number of imide groups is 1. The zero-order chi connectivity index (χ0) is 23.0. The Kier molecular flexibility index (Phi) is 5.83. The van der Waals surface area contributed by atoms with Crippen molar-refractivity contribution in [1.82, 2.24) is 15.1 Å². The Morgan fingerprint density at radius 3 is 2.47 bits per heavy atom. The highest BCUT2D eigenvalue weighted by Crippen LogP contribution is 2.34. The number of rotatable bonds is 3. The summed E-state index contributed by atoms with van der Waals surface area (Å²) in [6, 6.07) is 4.69. The Balaban J connectivity index is 1.40. The van der Waals surface area contributed by atoms with Gasteiger partial charge in [0.15, 0.2) is 0 Å². The molecule has 3 aliphatic heterocycles. The summed E-state index contributed by atoms with van der Waals surface area (Å²) >= 11 is 0. The maximum absolute atomic E-state index is 12.9. The summed E-state index contributed by atoms with van der Waals surface area (Å²) in [5.74, 6) is -0.336. The average Bonchev–Trinajstić information content (AvgIpc) is 3.05. The van der Waals surface area contributed by atoms with Crippen molar-refractivity contribution in [2.45, 2.75) is 70.7 Å². The van der Waals surface area contributed by atoms with E-state index in [4.69, 9.17) is 9.47 Å². The van der Waals surface area contributed by atoms with E-state index < -0.39 is 17.6 Å². The summed E-state index contributed by atoms with van der Waals surface area (Å²) in [6.45, 7) is 6.88. The number of hydrogen-bond donors (Lipinski definition) is 1. The van der Waals surface area contributed by atoms with Crippen molar-refractivity contribution in [2.75, 3.05) is 13.1 Å². The molecule has 2 fully saturated rings. The molecular formula is C23H29N3O6. The van der Waals surface area contributed by atoms with Gasteiger partial charge in [-0.2, -0.15) is 0 Å². The zero-order valence-electron chi connectivity index (χ0n) is 18.7. The standard InChI is InChI=1S/C23H29N3O6/c1-23(2,3)32-22(30)25-11-9-14(10-12-25)31-18-6-4-5-15-16(18)13-26(21(15)29)17-7-8-19(27)24-20(17)28/h4-6,14,17H,7-13H2,1-3H3,(H,24,27,28). The lowest BCUT2D eigenvalue weighted by molar-refractivity contribution is -0.136. The van der Waals surface area contributed by atoms with Gasteiger partial charge in [-0.3, -0.25) is 19.7 Å². The molecule has 1 N–H and O–H groups in total. The quantitative estimate of drug-likeness (QED) is 0.719. The number of likely N-dealkylation sites (tertiary alicyclic amines) is 1. The number of benzene rings is 1. The highest BCUT2D eigenvalue weighted by Gasteiger charge is 2.40. The summed E-state index contributed by atoms with van der Waals surface area (Å²) in [7, 11) is 0. The number of amides is 4. The van der Waals surface area contributed by atoms with Gasteiger partial charge in [0, 0.05) is 43.5 Å². The van der Waals surface area contributed by atoms with Gasteiger partial charge in [0.2, 0.25) is 11.8 Å². The summed E-state index contributed by atoms with van der Waals surface area (Å²) in [4.78, 5) is 52.1. The predicted octanol–water partition coefficient (Wildman–Crippen LogP) is 2.23. The summed E-state index contributed by atoms with van der Waals surface area (Å²) in [6.07, 6.45) is 1.46. The van der Waals surface area contributed by atoms with Gasteiger partial charge in [0.05, 0.1) is 6.54 Å². The molecule has 9 heteroatoms. The molecular weight excluding hydrogens is 414 g/mol. The molecule has 0 spiro atoms. The Morgan fingerprint density at radius 1 is 1.09 bits per heavy atom. The first kappa shape index (κ1) is 22.1. The molecule has 0 bridgehead atoms. The van der Waals surface area contributed by atoms with Gasteiger partial charge in [0.25, 0.3) is 5.91 Å². The molecule has 0 aromatic heterocycles. The fourth-order valence-corrected chi connectivity index (χ4v) is 4.33. The number of hydrogen-bond acceptors (Lipinski definition) is 6. The van der Waals surface area contributed by atoms with Crippen molar-refractivity contribution in [3.63, 3.8) is 0 Å². The number of nitrogens with one attached hydrogen (secondary N) is 1. The molecule has 1 aromatic rings. The lowest BCUT2D eigenvalue weighted by Crippen LogP contribution is -2.52. The molecule has 4 rings (SSSR count). The molecule has 3 aliphatic rings. The van der Waals surface area contributed by atoms with Gasteiger partial charge in [-0.1, -0.05) is 6.07 Å². The molecule has 2 saturated heterocycles. The van der Waals surface area contributed by atoms with Crippen molar-refractivity contribution in [3.8, 4) is 5.75 Å². The van der Waals surface area contributed by atoms with Gasteiger partial charge in [-0.05, 0) is 39.3 Å². The molecule has 172 valence electrons. The van der Waals surface area contributed by atoms with E-state index in [-0.39, 0.29) is 37.0 Å². The van der Waals surface area contributed by atoms with Crippen LogP contribution in [0.4, 0.5) is 4.79 Å². The number of nitrogens with zero attached hydrogens (tertiary/aromatic N) is 2. The molecule has 1 atom stereocenters. The fourth-order valence-electron chi connectivity index (χ4n) is 4.33. The summed E-state index contributed by atoms with van der Waals surface area (Å²) in [5, 5.41) is 2.32. The fraction of sp³-hybridized carbons (Fsp3) is 0.565. The Hall–Kier alpha value is -3.10. The molecule has 32 heavy (non-hydrogen) atoms. The molecule has 0 saturated carbocycles.